The van der Waals surface area contributed by atoms with Gasteiger partial charge in [0.1, 0.15) is 5.82 Å². The Hall–Kier alpha value is -2.20. The molecule has 1 N–H and O–H groups in total. The fourth-order valence-electron chi connectivity index (χ4n) is 2.24. The third-order valence-electron chi connectivity index (χ3n) is 3.52. The molecule has 3 aromatic rings. The predicted molar refractivity (Wildman–Crippen MR) is 89.3 cm³/mol. The molecular formula is C17H17N3S. The zero-order valence-electron chi connectivity index (χ0n) is 12.3. The average Bonchev–Trinajstić information content (AvgIpc) is 2.92. The number of rotatable bonds is 3. The van der Waals surface area contributed by atoms with Crippen molar-refractivity contribution in [3.05, 3.63) is 58.6 Å². The van der Waals surface area contributed by atoms with Gasteiger partial charge in [-0.25, -0.2) is 9.97 Å². The maximum absolute atomic E-state index is 4.67. The second-order valence-electron chi connectivity index (χ2n) is 5.13. The van der Waals surface area contributed by atoms with Crippen LogP contribution in [-0.4, -0.2) is 9.97 Å². The lowest BCUT2D eigenvalue weighted by atomic mass is 9.99. The normalized spacial score (nSPS) is 10.6. The van der Waals surface area contributed by atoms with Crippen LogP contribution < -0.4 is 5.32 Å². The van der Waals surface area contributed by atoms with Crippen LogP contribution in [0, 0.1) is 20.8 Å². The fourth-order valence-corrected chi connectivity index (χ4v) is 2.96. The van der Waals surface area contributed by atoms with Gasteiger partial charge in [-0.2, -0.15) is 0 Å². The second kappa shape index (κ2) is 5.66. The van der Waals surface area contributed by atoms with Gasteiger partial charge in [0.05, 0.1) is 5.69 Å². The van der Waals surface area contributed by atoms with Crippen LogP contribution in [-0.2, 0) is 0 Å². The van der Waals surface area contributed by atoms with Crippen molar-refractivity contribution < 1.29 is 0 Å². The molecule has 2 aromatic heterocycles. The highest BCUT2D eigenvalue weighted by Crippen LogP contribution is 2.30. The van der Waals surface area contributed by atoms with Crippen molar-refractivity contribution in [3.8, 4) is 11.3 Å². The van der Waals surface area contributed by atoms with Crippen LogP contribution >= 0.6 is 11.3 Å². The van der Waals surface area contributed by atoms with Crippen molar-refractivity contribution in [2.75, 3.05) is 5.32 Å². The molecule has 0 spiro atoms. The Bertz CT molecular complexity index is 763. The molecule has 4 heteroatoms. The molecule has 0 aliphatic carbocycles. The molecule has 2 heterocycles. The van der Waals surface area contributed by atoms with Gasteiger partial charge in [0.25, 0.3) is 0 Å². The molecule has 0 bridgehead atoms. The topological polar surface area (TPSA) is 37.8 Å². The summed E-state index contributed by atoms with van der Waals surface area (Å²) < 4.78 is 0. The highest BCUT2D eigenvalue weighted by molar-refractivity contribution is 7.14. The zero-order chi connectivity index (χ0) is 14.8. The number of thiazole rings is 1. The predicted octanol–water partition coefficient (Wildman–Crippen LogP) is 4.87. The first kappa shape index (κ1) is 13.8. The van der Waals surface area contributed by atoms with Gasteiger partial charge in [-0.15, -0.1) is 11.3 Å². The second-order valence-corrected chi connectivity index (χ2v) is 5.99. The molecule has 0 aliphatic heterocycles. The molecular weight excluding hydrogens is 278 g/mol. The largest absolute Gasteiger partial charge is 0.316 e. The summed E-state index contributed by atoms with van der Waals surface area (Å²) in [6.45, 7) is 6.41. The van der Waals surface area contributed by atoms with E-state index in [1.165, 1.54) is 22.3 Å². The van der Waals surface area contributed by atoms with Crippen LogP contribution in [0.3, 0.4) is 0 Å². The summed E-state index contributed by atoms with van der Waals surface area (Å²) in [6, 6.07) is 10.2. The standard InChI is InChI=1S/C17H17N3S/c1-11-8-13(3)14(9-12(11)2)15-10-21-17(19-15)20-16-6-4-5-7-18-16/h4-10H,1-3H3,(H,18,19,20). The fraction of sp³-hybridized carbons (Fsp3) is 0.176. The first-order valence-electron chi connectivity index (χ1n) is 6.85. The monoisotopic (exact) mass is 295 g/mol. The molecule has 1 aromatic carbocycles. The summed E-state index contributed by atoms with van der Waals surface area (Å²) in [5, 5.41) is 6.18. The van der Waals surface area contributed by atoms with E-state index in [4.69, 9.17) is 0 Å². The maximum atomic E-state index is 4.67. The number of nitrogens with zero attached hydrogens (tertiary/aromatic N) is 2. The number of aromatic nitrogens is 2. The molecule has 0 saturated heterocycles. The lowest BCUT2D eigenvalue weighted by Crippen LogP contribution is -1.92. The minimum Gasteiger partial charge on any atom is -0.316 e. The van der Waals surface area contributed by atoms with Gasteiger partial charge in [-0.05, 0) is 55.7 Å². The molecule has 0 saturated carbocycles. The lowest BCUT2D eigenvalue weighted by Gasteiger charge is -2.07. The van der Waals surface area contributed by atoms with Crippen LogP contribution in [0.25, 0.3) is 11.3 Å². The summed E-state index contributed by atoms with van der Waals surface area (Å²) in [5.41, 5.74) is 6.08. The number of anilines is 2. The van der Waals surface area contributed by atoms with Crippen molar-refractivity contribution in [3.63, 3.8) is 0 Å². The minimum absolute atomic E-state index is 0.815. The number of hydrogen-bond acceptors (Lipinski definition) is 4. The van der Waals surface area contributed by atoms with E-state index in [0.29, 0.717) is 0 Å². The molecule has 0 aliphatic rings. The highest BCUT2D eigenvalue weighted by Gasteiger charge is 2.09. The van der Waals surface area contributed by atoms with Gasteiger partial charge in [-0.1, -0.05) is 12.1 Å². The highest BCUT2D eigenvalue weighted by atomic mass is 32.1. The Morgan fingerprint density at radius 3 is 2.57 bits per heavy atom. The van der Waals surface area contributed by atoms with Crippen molar-refractivity contribution in [1.82, 2.24) is 9.97 Å². The minimum atomic E-state index is 0.815. The summed E-state index contributed by atoms with van der Waals surface area (Å²) in [5.74, 6) is 0.815. The third-order valence-corrected chi connectivity index (χ3v) is 4.28. The van der Waals surface area contributed by atoms with E-state index < -0.39 is 0 Å². The molecule has 0 fully saturated rings. The van der Waals surface area contributed by atoms with Crippen molar-refractivity contribution >= 4 is 22.3 Å². The molecule has 3 rings (SSSR count). The maximum Gasteiger partial charge on any atom is 0.188 e. The SMILES string of the molecule is Cc1cc(C)c(-c2csc(Nc3ccccn3)n2)cc1C. The summed E-state index contributed by atoms with van der Waals surface area (Å²) >= 11 is 1.60. The van der Waals surface area contributed by atoms with Crippen molar-refractivity contribution in [1.29, 1.82) is 0 Å². The molecule has 0 atom stereocenters. The first-order valence-corrected chi connectivity index (χ1v) is 7.73. The van der Waals surface area contributed by atoms with Gasteiger partial charge in [0.15, 0.2) is 5.13 Å². The van der Waals surface area contributed by atoms with Gasteiger partial charge in [-0.3, -0.25) is 0 Å². The molecule has 0 radical (unpaired) electrons. The van der Waals surface area contributed by atoms with Crippen LogP contribution in [0.1, 0.15) is 16.7 Å². The van der Waals surface area contributed by atoms with Gasteiger partial charge < -0.3 is 5.32 Å². The summed E-state index contributed by atoms with van der Waals surface area (Å²) in [6.07, 6.45) is 1.77. The Morgan fingerprint density at radius 2 is 1.81 bits per heavy atom. The quantitative estimate of drug-likeness (QED) is 0.748. The van der Waals surface area contributed by atoms with Crippen LogP contribution in [0.15, 0.2) is 41.9 Å². The lowest BCUT2D eigenvalue weighted by molar-refractivity contribution is 1.27. The van der Waals surface area contributed by atoms with Crippen LogP contribution in [0.2, 0.25) is 0 Å². The van der Waals surface area contributed by atoms with E-state index in [1.54, 1.807) is 17.5 Å². The van der Waals surface area contributed by atoms with E-state index in [1.807, 2.05) is 18.2 Å². The Labute approximate surface area is 128 Å². The molecule has 106 valence electrons. The van der Waals surface area contributed by atoms with Crippen LogP contribution in [0.4, 0.5) is 10.9 Å². The summed E-state index contributed by atoms with van der Waals surface area (Å²) in [4.78, 5) is 8.93. The van der Waals surface area contributed by atoms with Gasteiger partial charge in [0.2, 0.25) is 0 Å². The number of hydrogen-bond donors (Lipinski definition) is 1. The number of benzene rings is 1. The zero-order valence-corrected chi connectivity index (χ0v) is 13.2. The molecule has 0 amide bonds. The first-order chi connectivity index (χ1) is 10.1. The molecule has 3 nitrogen and oxygen atoms in total. The number of aryl methyl sites for hydroxylation is 3. The van der Waals surface area contributed by atoms with E-state index >= 15 is 0 Å². The Kier molecular flexibility index (Phi) is 3.71. The third kappa shape index (κ3) is 2.95. The van der Waals surface area contributed by atoms with Crippen LogP contribution in [0.5, 0.6) is 0 Å². The van der Waals surface area contributed by atoms with Crippen molar-refractivity contribution in [2.45, 2.75) is 20.8 Å². The van der Waals surface area contributed by atoms with E-state index in [2.05, 4.69) is 53.6 Å². The van der Waals surface area contributed by atoms with Crippen molar-refractivity contribution in [2.24, 2.45) is 0 Å². The van der Waals surface area contributed by atoms with Gasteiger partial charge >= 0.3 is 0 Å². The number of pyridine rings is 1. The molecule has 0 unspecified atom stereocenters. The van der Waals surface area contributed by atoms with E-state index in [-0.39, 0.29) is 0 Å². The Morgan fingerprint density at radius 1 is 1.00 bits per heavy atom. The summed E-state index contributed by atoms with van der Waals surface area (Å²) in [7, 11) is 0. The van der Waals surface area contributed by atoms with Gasteiger partial charge in [0, 0.05) is 17.1 Å². The Balaban J connectivity index is 1.90. The molecule has 21 heavy (non-hydrogen) atoms. The average molecular weight is 295 g/mol. The van der Waals surface area contributed by atoms with E-state index in [9.17, 15) is 0 Å². The smallest absolute Gasteiger partial charge is 0.188 e. The number of nitrogens with one attached hydrogen (secondary N) is 1. The van der Waals surface area contributed by atoms with E-state index in [0.717, 1.165) is 16.6 Å².